The molecule has 0 atom stereocenters. The van der Waals surface area contributed by atoms with Crippen LogP contribution in [0.2, 0.25) is 5.02 Å². The van der Waals surface area contributed by atoms with E-state index in [0.29, 0.717) is 5.02 Å². The van der Waals surface area contributed by atoms with E-state index in [0.717, 1.165) is 28.2 Å². The van der Waals surface area contributed by atoms with Gasteiger partial charge in [-0.05, 0) is 47.0 Å². The van der Waals surface area contributed by atoms with Gasteiger partial charge in [0.1, 0.15) is 0 Å². The number of allylic oxidation sites excluding steroid dienone is 1. The minimum absolute atomic E-state index is 0.713. The van der Waals surface area contributed by atoms with Crippen molar-refractivity contribution in [3.63, 3.8) is 0 Å². The number of nitrogens with zero attached hydrogens (tertiary/aromatic N) is 2. The zero-order valence-corrected chi connectivity index (χ0v) is 17.5. The Labute approximate surface area is 186 Å². The first-order valence-electron chi connectivity index (χ1n) is 10.1. The molecule has 4 aromatic rings. The molecule has 0 radical (unpaired) electrons. The van der Waals surface area contributed by atoms with Gasteiger partial charge in [-0.25, -0.2) is 0 Å². The number of nitrogens with one attached hydrogen (secondary N) is 1. The highest BCUT2D eigenvalue weighted by Gasteiger charge is 2.17. The van der Waals surface area contributed by atoms with Crippen LogP contribution in [-0.4, -0.2) is 5.71 Å². The lowest BCUT2D eigenvalue weighted by molar-refractivity contribution is 0.787. The monoisotopic (exact) mass is 421 g/mol. The van der Waals surface area contributed by atoms with E-state index >= 15 is 0 Å². The summed E-state index contributed by atoms with van der Waals surface area (Å²) in [6, 6.07) is 36.7. The second-order valence-corrected chi connectivity index (χ2v) is 7.69. The maximum Gasteiger partial charge on any atom is 0.0949 e. The molecule has 3 nitrogen and oxygen atoms in total. The Morgan fingerprint density at radius 1 is 0.581 bits per heavy atom. The number of hydrazine groups is 1. The third kappa shape index (κ3) is 4.23. The molecule has 0 saturated carbocycles. The molecule has 1 aliphatic heterocycles. The summed E-state index contributed by atoms with van der Waals surface area (Å²) in [5, 5.41) is 7.39. The van der Waals surface area contributed by atoms with Crippen LogP contribution < -0.4 is 10.5 Å². The highest BCUT2D eigenvalue weighted by Crippen LogP contribution is 2.26. The maximum atomic E-state index is 6.09. The number of rotatable bonds is 4. The van der Waals surface area contributed by atoms with Gasteiger partial charge >= 0.3 is 0 Å². The molecule has 4 heteroatoms. The predicted molar refractivity (Wildman–Crippen MR) is 130 cm³/mol. The number of halogens is 1. The Bertz CT molecular complexity index is 1230. The molecule has 1 heterocycles. The summed E-state index contributed by atoms with van der Waals surface area (Å²) in [6.07, 6.45) is 2.06. The van der Waals surface area contributed by atoms with Crippen molar-refractivity contribution >= 4 is 28.7 Å². The summed E-state index contributed by atoms with van der Waals surface area (Å²) in [6.45, 7) is 0. The van der Waals surface area contributed by atoms with E-state index in [9.17, 15) is 0 Å². The van der Waals surface area contributed by atoms with E-state index in [1.807, 2.05) is 53.6 Å². The second-order valence-electron chi connectivity index (χ2n) is 7.25. The van der Waals surface area contributed by atoms with Crippen LogP contribution >= 0.6 is 11.6 Å². The standard InChI is InChI=1S/C27H20ClN3/c28-24-15-11-23(12-16-24)27-19-26(22-9-5-2-6-10-22)29-31(30-27)25-17-13-21(14-18-25)20-7-3-1-4-8-20/h1-19,30H. The first-order chi connectivity index (χ1) is 15.3. The van der Waals surface area contributed by atoms with E-state index < -0.39 is 0 Å². The minimum atomic E-state index is 0.713. The summed E-state index contributed by atoms with van der Waals surface area (Å²) in [4.78, 5) is 0. The van der Waals surface area contributed by atoms with Crippen LogP contribution in [-0.2, 0) is 0 Å². The normalized spacial score (nSPS) is 13.3. The van der Waals surface area contributed by atoms with Gasteiger partial charge in [0.25, 0.3) is 0 Å². The van der Waals surface area contributed by atoms with Crippen LogP contribution in [0.4, 0.5) is 5.69 Å². The van der Waals surface area contributed by atoms with Crippen LogP contribution in [0.5, 0.6) is 0 Å². The Kier molecular flexibility index (Phi) is 5.26. The highest BCUT2D eigenvalue weighted by atomic mass is 35.5. The molecule has 0 fully saturated rings. The number of anilines is 1. The molecule has 0 spiro atoms. The SMILES string of the molecule is Clc1ccc(C2=CC(c3ccccc3)=NN(c3ccc(-c4ccccc4)cc3)N2)cc1. The molecule has 0 aliphatic carbocycles. The fraction of sp³-hybridized carbons (Fsp3) is 0. The van der Waals surface area contributed by atoms with Crippen LogP contribution in [0.15, 0.2) is 120 Å². The fourth-order valence-corrected chi connectivity index (χ4v) is 3.65. The van der Waals surface area contributed by atoms with Crippen LogP contribution in [0.1, 0.15) is 11.1 Å². The number of hydrogen-bond acceptors (Lipinski definition) is 3. The van der Waals surface area contributed by atoms with Crippen LogP contribution in [0.25, 0.3) is 16.8 Å². The molecule has 150 valence electrons. The molecule has 0 bridgehead atoms. The summed E-state index contributed by atoms with van der Waals surface area (Å²) in [7, 11) is 0. The van der Waals surface area contributed by atoms with Gasteiger partial charge in [-0.2, -0.15) is 10.2 Å². The Morgan fingerprint density at radius 3 is 1.77 bits per heavy atom. The van der Waals surface area contributed by atoms with Gasteiger partial charge in [0, 0.05) is 10.6 Å². The largest absolute Gasteiger partial charge is 0.277 e. The minimum Gasteiger partial charge on any atom is -0.277 e. The van der Waals surface area contributed by atoms with Crippen molar-refractivity contribution < 1.29 is 0 Å². The van der Waals surface area contributed by atoms with Gasteiger partial charge in [0.2, 0.25) is 0 Å². The van der Waals surface area contributed by atoms with Gasteiger partial charge < -0.3 is 0 Å². The third-order valence-corrected chi connectivity index (χ3v) is 5.41. The average molecular weight is 422 g/mol. The number of hydrogen-bond donors (Lipinski definition) is 1. The van der Waals surface area contributed by atoms with Crippen LogP contribution in [0, 0.1) is 0 Å². The van der Waals surface area contributed by atoms with Gasteiger partial charge in [-0.1, -0.05) is 96.5 Å². The zero-order chi connectivity index (χ0) is 21.0. The molecule has 31 heavy (non-hydrogen) atoms. The summed E-state index contributed by atoms with van der Waals surface area (Å²) < 4.78 is 0. The van der Waals surface area contributed by atoms with Crippen molar-refractivity contribution in [3.8, 4) is 11.1 Å². The van der Waals surface area contributed by atoms with Gasteiger partial charge in [-0.15, -0.1) is 0 Å². The lowest BCUT2D eigenvalue weighted by Crippen LogP contribution is -2.36. The molecular weight excluding hydrogens is 402 g/mol. The molecule has 0 saturated heterocycles. The molecular formula is C27H20ClN3. The van der Waals surface area contributed by atoms with Crippen molar-refractivity contribution in [2.75, 3.05) is 5.12 Å². The topological polar surface area (TPSA) is 27.6 Å². The van der Waals surface area contributed by atoms with E-state index in [1.165, 1.54) is 11.1 Å². The fourth-order valence-electron chi connectivity index (χ4n) is 3.52. The van der Waals surface area contributed by atoms with E-state index in [2.05, 4.69) is 72.2 Å². The lowest BCUT2D eigenvalue weighted by Gasteiger charge is -2.28. The van der Waals surface area contributed by atoms with E-state index in [-0.39, 0.29) is 0 Å². The lowest BCUT2D eigenvalue weighted by atomic mass is 10.0. The summed E-state index contributed by atoms with van der Waals surface area (Å²) in [5.74, 6) is 0. The molecule has 1 N–H and O–H groups in total. The predicted octanol–water partition coefficient (Wildman–Crippen LogP) is 6.78. The Morgan fingerprint density at radius 2 is 1.13 bits per heavy atom. The molecule has 0 unspecified atom stereocenters. The molecule has 0 aromatic heterocycles. The van der Waals surface area contributed by atoms with Gasteiger partial charge in [0.05, 0.1) is 17.1 Å². The van der Waals surface area contributed by atoms with Gasteiger partial charge in [0.15, 0.2) is 0 Å². The van der Waals surface area contributed by atoms with Crippen molar-refractivity contribution in [3.05, 3.63) is 131 Å². The second kappa shape index (κ2) is 8.50. The quantitative estimate of drug-likeness (QED) is 0.393. The van der Waals surface area contributed by atoms with E-state index in [4.69, 9.17) is 16.7 Å². The van der Waals surface area contributed by atoms with Crippen molar-refractivity contribution in [1.82, 2.24) is 5.43 Å². The van der Waals surface area contributed by atoms with E-state index in [1.54, 1.807) is 0 Å². The number of hydrazone groups is 1. The molecule has 5 rings (SSSR count). The van der Waals surface area contributed by atoms with Gasteiger partial charge in [-0.3, -0.25) is 5.43 Å². The molecule has 1 aliphatic rings. The zero-order valence-electron chi connectivity index (χ0n) is 16.7. The highest BCUT2D eigenvalue weighted by molar-refractivity contribution is 6.30. The third-order valence-electron chi connectivity index (χ3n) is 5.16. The van der Waals surface area contributed by atoms with Crippen molar-refractivity contribution in [1.29, 1.82) is 0 Å². The molecule has 4 aromatic carbocycles. The Hall–Kier alpha value is -3.82. The maximum absolute atomic E-state index is 6.09. The van der Waals surface area contributed by atoms with Crippen molar-refractivity contribution in [2.45, 2.75) is 0 Å². The Balaban J connectivity index is 1.51. The smallest absolute Gasteiger partial charge is 0.0949 e. The average Bonchev–Trinajstić information content (AvgIpc) is 2.85. The summed E-state index contributed by atoms with van der Waals surface area (Å²) in [5.41, 5.74) is 10.7. The first-order valence-corrected chi connectivity index (χ1v) is 10.5. The molecule has 0 amide bonds. The van der Waals surface area contributed by atoms with Crippen molar-refractivity contribution in [2.24, 2.45) is 5.10 Å². The first kappa shape index (κ1) is 19.2. The van der Waals surface area contributed by atoms with Crippen LogP contribution in [0.3, 0.4) is 0 Å². The summed E-state index contributed by atoms with van der Waals surface area (Å²) >= 11 is 6.09. The number of benzene rings is 4.